The maximum Gasteiger partial charge on any atom is 0.0939 e. The number of H-pyrrole nitrogens is 1. The molecule has 0 unspecified atom stereocenters. The fraction of sp³-hybridized carbons (Fsp3) is 0.222. The Labute approximate surface area is 80.9 Å². The molecule has 0 aliphatic rings. The summed E-state index contributed by atoms with van der Waals surface area (Å²) in [5.41, 5.74) is 8.42. The summed E-state index contributed by atoms with van der Waals surface area (Å²) < 4.78 is 0. The van der Waals surface area contributed by atoms with Crippen LogP contribution in [0.25, 0.3) is 10.9 Å². The molecule has 0 atom stereocenters. The molecule has 0 aliphatic heterocycles. The summed E-state index contributed by atoms with van der Waals surface area (Å²) >= 11 is 5.95. The minimum Gasteiger partial charge on any atom is -0.325 e. The third-order valence-electron chi connectivity index (χ3n) is 2.12. The lowest BCUT2D eigenvalue weighted by Crippen LogP contribution is -1.96. The summed E-state index contributed by atoms with van der Waals surface area (Å²) in [5.74, 6) is 0. The second-order valence-corrected chi connectivity index (χ2v) is 3.43. The molecule has 0 saturated heterocycles. The first kappa shape index (κ1) is 8.53. The van der Waals surface area contributed by atoms with Gasteiger partial charge in [-0.3, -0.25) is 5.10 Å². The van der Waals surface area contributed by atoms with Crippen molar-refractivity contribution in [2.45, 2.75) is 13.5 Å². The van der Waals surface area contributed by atoms with Crippen molar-refractivity contribution in [3.05, 3.63) is 28.4 Å². The van der Waals surface area contributed by atoms with E-state index < -0.39 is 0 Å². The topological polar surface area (TPSA) is 54.7 Å². The first-order chi connectivity index (χ1) is 6.22. The Morgan fingerprint density at radius 2 is 2.31 bits per heavy atom. The van der Waals surface area contributed by atoms with Crippen molar-refractivity contribution in [1.82, 2.24) is 10.2 Å². The maximum atomic E-state index is 5.95. The van der Waals surface area contributed by atoms with Gasteiger partial charge in [0.15, 0.2) is 0 Å². The van der Waals surface area contributed by atoms with Gasteiger partial charge in [-0.15, -0.1) is 0 Å². The van der Waals surface area contributed by atoms with E-state index in [-0.39, 0.29) is 0 Å². The van der Waals surface area contributed by atoms with Crippen molar-refractivity contribution in [2.24, 2.45) is 5.73 Å². The quantitative estimate of drug-likeness (QED) is 0.731. The van der Waals surface area contributed by atoms with Gasteiger partial charge in [0.1, 0.15) is 0 Å². The van der Waals surface area contributed by atoms with Crippen LogP contribution in [0, 0.1) is 6.92 Å². The molecule has 3 nitrogen and oxygen atoms in total. The summed E-state index contributed by atoms with van der Waals surface area (Å²) in [4.78, 5) is 0. The number of aryl methyl sites for hydroxylation is 1. The molecule has 0 saturated carbocycles. The van der Waals surface area contributed by atoms with Gasteiger partial charge in [-0.25, -0.2) is 0 Å². The van der Waals surface area contributed by atoms with Gasteiger partial charge < -0.3 is 5.73 Å². The molecule has 0 bridgehead atoms. The zero-order valence-corrected chi connectivity index (χ0v) is 8.02. The second-order valence-electron chi connectivity index (χ2n) is 3.02. The number of benzene rings is 1. The van der Waals surface area contributed by atoms with Crippen molar-refractivity contribution < 1.29 is 0 Å². The van der Waals surface area contributed by atoms with Crippen LogP contribution in [0.5, 0.6) is 0 Å². The number of nitrogens with zero attached hydrogens (tertiary/aromatic N) is 1. The molecule has 0 spiro atoms. The highest BCUT2D eigenvalue weighted by atomic mass is 35.5. The van der Waals surface area contributed by atoms with Gasteiger partial charge in [0.2, 0.25) is 0 Å². The lowest BCUT2D eigenvalue weighted by molar-refractivity contribution is 0.959. The number of hydrogen-bond acceptors (Lipinski definition) is 2. The van der Waals surface area contributed by atoms with Crippen LogP contribution >= 0.6 is 11.6 Å². The van der Waals surface area contributed by atoms with Crippen LogP contribution in [0.2, 0.25) is 5.02 Å². The highest BCUT2D eigenvalue weighted by Crippen LogP contribution is 2.23. The van der Waals surface area contributed by atoms with E-state index in [2.05, 4.69) is 10.2 Å². The number of halogens is 1. The van der Waals surface area contributed by atoms with E-state index in [9.17, 15) is 0 Å². The molecule has 68 valence electrons. The molecule has 2 rings (SSSR count). The minimum absolute atomic E-state index is 0.470. The average molecular weight is 196 g/mol. The van der Waals surface area contributed by atoms with Crippen LogP contribution in [0.15, 0.2) is 12.1 Å². The molecule has 4 heteroatoms. The van der Waals surface area contributed by atoms with Gasteiger partial charge in [0, 0.05) is 17.0 Å². The minimum atomic E-state index is 0.470. The summed E-state index contributed by atoms with van der Waals surface area (Å²) in [7, 11) is 0. The number of fused-ring (bicyclic) bond motifs is 1. The lowest BCUT2D eigenvalue weighted by Gasteiger charge is -1.97. The Balaban J connectivity index is 2.77. The van der Waals surface area contributed by atoms with Crippen LogP contribution < -0.4 is 5.73 Å². The highest BCUT2D eigenvalue weighted by Gasteiger charge is 2.05. The predicted molar refractivity (Wildman–Crippen MR) is 53.7 cm³/mol. The summed E-state index contributed by atoms with van der Waals surface area (Å²) in [5, 5.41) is 8.78. The molecular formula is C9H10ClN3. The van der Waals surface area contributed by atoms with Crippen LogP contribution in [-0.2, 0) is 6.54 Å². The van der Waals surface area contributed by atoms with Crippen molar-refractivity contribution >= 4 is 22.5 Å². The standard InChI is InChI=1S/C9H10ClN3/c1-5-2-6-8(3-7(5)10)12-13-9(6)4-11/h2-3H,4,11H2,1H3,(H,12,13). The van der Waals surface area contributed by atoms with E-state index in [0.717, 1.165) is 27.2 Å². The summed E-state index contributed by atoms with van der Waals surface area (Å²) in [6.45, 7) is 2.44. The molecule has 0 amide bonds. The average Bonchev–Trinajstić information content (AvgIpc) is 2.48. The van der Waals surface area contributed by atoms with E-state index in [4.69, 9.17) is 17.3 Å². The third kappa shape index (κ3) is 1.30. The fourth-order valence-electron chi connectivity index (χ4n) is 1.35. The zero-order valence-electron chi connectivity index (χ0n) is 7.26. The molecule has 13 heavy (non-hydrogen) atoms. The molecule has 3 N–H and O–H groups in total. The third-order valence-corrected chi connectivity index (χ3v) is 2.52. The van der Waals surface area contributed by atoms with Crippen molar-refractivity contribution in [3.8, 4) is 0 Å². The van der Waals surface area contributed by atoms with Crippen molar-refractivity contribution in [3.63, 3.8) is 0 Å². The maximum absolute atomic E-state index is 5.95. The molecule has 0 radical (unpaired) electrons. The molecule has 1 aromatic carbocycles. The molecule has 1 heterocycles. The monoisotopic (exact) mass is 195 g/mol. The number of aromatic amines is 1. The Kier molecular flexibility index (Phi) is 1.98. The second kappa shape index (κ2) is 3.01. The van der Waals surface area contributed by atoms with Gasteiger partial charge in [-0.2, -0.15) is 5.10 Å². The van der Waals surface area contributed by atoms with Crippen molar-refractivity contribution in [2.75, 3.05) is 0 Å². The van der Waals surface area contributed by atoms with E-state index in [0.29, 0.717) is 6.54 Å². The normalized spacial score (nSPS) is 11.0. The van der Waals surface area contributed by atoms with Crippen LogP contribution in [0.3, 0.4) is 0 Å². The zero-order chi connectivity index (χ0) is 9.42. The molecule has 0 aliphatic carbocycles. The fourth-order valence-corrected chi connectivity index (χ4v) is 1.51. The highest BCUT2D eigenvalue weighted by molar-refractivity contribution is 6.32. The van der Waals surface area contributed by atoms with Gasteiger partial charge in [-0.1, -0.05) is 11.6 Å². The van der Waals surface area contributed by atoms with E-state index in [1.54, 1.807) is 0 Å². The van der Waals surface area contributed by atoms with Gasteiger partial charge in [0.25, 0.3) is 0 Å². The largest absolute Gasteiger partial charge is 0.325 e. The molecule has 0 fully saturated rings. The lowest BCUT2D eigenvalue weighted by atomic mass is 10.1. The number of hydrogen-bond donors (Lipinski definition) is 2. The first-order valence-electron chi connectivity index (χ1n) is 4.05. The Morgan fingerprint density at radius 1 is 1.54 bits per heavy atom. The molecular weight excluding hydrogens is 186 g/mol. The van der Waals surface area contributed by atoms with Crippen LogP contribution in [-0.4, -0.2) is 10.2 Å². The van der Waals surface area contributed by atoms with Gasteiger partial charge in [-0.05, 0) is 24.6 Å². The van der Waals surface area contributed by atoms with E-state index in [1.165, 1.54) is 0 Å². The molecule has 2 aromatic rings. The summed E-state index contributed by atoms with van der Waals surface area (Å²) in [6.07, 6.45) is 0. The number of nitrogens with one attached hydrogen (secondary N) is 1. The Bertz CT molecular complexity index is 447. The van der Waals surface area contributed by atoms with E-state index >= 15 is 0 Å². The number of nitrogens with two attached hydrogens (primary N) is 1. The number of rotatable bonds is 1. The van der Waals surface area contributed by atoms with E-state index in [1.807, 2.05) is 19.1 Å². The molecule has 1 aromatic heterocycles. The SMILES string of the molecule is Cc1cc2c(CN)[nH]nc2cc1Cl. The smallest absolute Gasteiger partial charge is 0.0939 e. The Morgan fingerprint density at radius 3 is 3.00 bits per heavy atom. The first-order valence-corrected chi connectivity index (χ1v) is 4.43. The summed E-state index contributed by atoms with van der Waals surface area (Å²) in [6, 6.07) is 3.85. The predicted octanol–water partition coefficient (Wildman–Crippen LogP) is 1.98. The van der Waals surface area contributed by atoms with Crippen LogP contribution in [0.4, 0.5) is 0 Å². The van der Waals surface area contributed by atoms with Crippen LogP contribution in [0.1, 0.15) is 11.3 Å². The number of aromatic nitrogens is 2. The Hall–Kier alpha value is -1.06. The van der Waals surface area contributed by atoms with Gasteiger partial charge in [0.05, 0.1) is 11.2 Å². The van der Waals surface area contributed by atoms with Crippen molar-refractivity contribution in [1.29, 1.82) is 0 Å². The van der Waals surface area contributed by atoms with Gasteiger partial charge >= 0.3 is 0 Å².